The summed E-state index contributed by atoms with van der Waals surface area (Å²) in [6.45, 7) is 8.27. The first-order valence-electron chi connectivity index (χ1n) is 7.82. The molecule has 3 heteroatoms. The molecular formula is C17H27NO2. The van der Waals surface area contributed by atoms with Crippen molar-refractivity contribution in [2.24, 2.45) is 5.92 Å². The molecule has 0 radical (unpaired) electrons. The molecule has 2 atom stereocenters. The third-order valence-electron chi connectivity index (χ3n) is 4.01. The zero-order chi connectivity index (χ0) is 14.4. The van der Waals surface area contributed by atoms with Crippen molar-refractivity contribution in [2.75, 3.05) is 26.2 Å². The molecule has 2 rings (SSSR count). The predicted octanol–water partition coefficient (Wildman–Crippen LogP) is 3.24. The van der Waals surface area contributed by atoms with Crippen molar-refractivity contribution >= 4 is 0 Å². The summed E-state index contributed by atoms with van der Waals surface area (Å²) in [6, 6.07) is 7.82. The average molecular weight is 277 g/mol. The molecule has 0 aromatic heterocycles. The van der Waals surface area contributed by atoms with E-state index in [1.165, 1.54) is 25.9 Å². The van der Waals surface area contributed by atoms with E-state index in [9.17, 15) is 5.11 Å². The van der Waals surface area contributed by atoms with Crippen LogP contribution in [0.2, 0.25) is 0 Å². The number of ether oxygens (including phenoxy) is 1. The third kappa shape index (κ3) is 4.50. The van der Waals surface area contributed by atoms with Crippen LogP contribution < -0.4 is 4.74 Å². The van der Waals surface area contributed by atoms with Gasteiger partial charge in [0.25, 0.3) is 0 Å². The van der Waals surface area contributed by atoms with E-state index in [4.69, 9.17) is 4.74 Å². The molecule has 1 fully saturated rings. The fourth-order valence-corrected chi connectivity index (χ4v) is 2.94. The van der Waals surface area contributed by atoms with Crippen LogP contribution in [0.1, 0.15) is 44.8 Å². The first-order valence-corrected chi connectivity index (χ1v) is 7.82. The lowest BCUT2D eigenvalue weighted by Gasteiger charge is -2.31. The minimum Gasteiger partial charge on any atom is -0.494 e. The monoisotopic (exact) mass is 277 g/mol. The fraction of sp³-hybridized carbons (Fsp3) is 0.647. The van der Waals surface area contributed by atoms with Gasteiger partial charge >= 0.3 is 0 Å². The second-order valence-corrected chi connectivity index (χ2v) is 5.86. The smallest absolute Gasteiger partial charge is 0.119 e. The Balaban J connectivity index is 1.84. The lowest BCUT2D eigenvalue weighted by molar-refractivity contribution is 0.121. The van der Waals surface area contributed by atoms with Gasteiger partial charge in [0.05, 0.1) is 12.7 Å². The summed E-state index contributed by atoms with van der Waals surface area (Å²) >= 11 is 0. The second kappa shape index (κ2) is 7.65. The Bertz CT molecular complexity index is 408. The highest BCUT2D eigenvalue weighted by Gasteiger charge is 2.17. The van der Waals surface area contributed by atoms with E-state index in [2.05, 4.69) is 11.8 Å². The van der Waals surface area contributed by atoms with E-state index in [1.54, 1.807) is 0 Å². The maximum atomic E-state index is 10.3. The van der Waals surface area contributed by atoms with E-state index >= 15 is 0 Å². The van der Waals surface area contributed by atoms with Gasteiger partial charge in [-0.1, -0.05) is 19.1 Å². The number of aliphatic hydroxyl groups excluding tert-OH is 1. The van der Waals surface area contributed by atoms with Gasteiger partial charge in [-0.25, -0.2) is 0 Å². The van der Waals surface area contributed by atoms with Gasteiger partial charge in [-0.2, -0.15) is 0 Å². The highest BCUT2D eigenvalue weighted by Crippen LogP contribution is 2.23. The number of rotatable bonds is 6. The van der Waals surface area contributed by atoms with Crippen LogP contribution in [-0.4, -0.2) is 36.2 Å². The summed E-state index contributed by atoms with van der Waals surface area (Å²) in [5.74, 6) is 1.64. The second-order valence-electron chi connectivity index (χ2n) is 5.86. The number of hydrogen-bond donors (Lipinski definition) is 1. The first-order chi connectivity index (χ1) is 9.69. The molecule has 20 heavy (non-hydrogen) atoms. The number of likely N-dealkylation sites (tertiary alicyclic amines) is 1. The van der Waals surface area contributed by atoms with E-state index < -0.39 is 6.10 Å². The molecule has 1 heterocycles. The predicted molar refractivity (Wildman–Crippen MR) is 82.0 cm³/mol. The van der Waals surface area contributed by atoms with Crippen LogP contribution in [0.15, 0.2) is 24.3 Å². The molecule has 112 valence electrons. The van der Waals surface area contributed by atoms with Crippen LogP contribution in [0, 0.1) is 5.92 Å². The van der Waals surface area contributed by atoms with Crippen molar-refractivity contribution in [3.63, 3.8) is 0 Å². The van der Waals surface area contributed by atoms with Gasteiger partial charge in [0.2, 0.25) is 0 Å². The van der Waals surface area contributed by atoms with Crippen LogP contribution >= 0.6 is 0 Å². The van der Waals surface area contributed by atoms with Gasteiger partial charge in [-0.15, -0.1) is 0 Å². The van der Waals surface area contributed by atoms with E-state index in [0.29, 0.717) is 6.61 Å². The van der Waals surface area contributed by atoms with Crippen LogP contribution in [0.5, 0.6) is 5.75 Å². The van der Waals surface area contributed by atoms with Gasteiger partial charge in [0.15, 0.2) is 0 Å². The number of nitrogens with zero attached hydrogens (tertiary/aromatic N) is 1. The van der Waals surface area contributed by atoms with Crippen molar-refractivity contribution in [3.05, 3.63) is 29.8 Å². The molecule has 1 aromatic carbocycles. The highest BCUT2D eigenvalue weighted by molar-refractivity contribution is 5.29. The Kier molecular flexibility index (Phi) is 5.86. The van der Waals surface area contributed by atoms with Crippen molar-refractivity contribution in [1.29, 1.82) is 0 Å². The van der Waals surface area contributed by atoms with Gasteiger partial charge in [-0.05, 0) is 56.3 Å². The number of benzene rings is 1. The lowest BCUT2D eigenvalue weighted by Crippen LogP contribution is -2.35. The summed E-state index contributed by atoms with van der Waals surface area (Å²) < 4.78 is 5.48. The Labute approximate surface area is 122 Å². The molecule has 1 aliphatic rings. The van der Waals surface area contributed by atoms with Crippen molar-refractivity contribution in [1.82, 2.24) is 4.90 Å². The fourth-order valence-electron chi connectivity index (χ4n) is 2.94. The summed E-state index contributed by atoms with van der Waals surface area (Å²) in [6.07, 6.45) is 3.03. The van der Waals surface area contributed by atoms with Gasteiger partial charge < -0.3 is 14.7 Å². The highest BCUT2D eigenvalue weighted by atomic mass is 16.5. The summed E-state index contributed by atoms with van der Waals surface area (Å²) in [4.78, 5) is 2.48. The largest absolute Gasteiger partial charge is 0.494 e. The lowest BCUT2D eigenvalue weighted by atomic mass is 9.99. The van der Waals surface area contributed by atoms with Crippen LogP contribution in [-0.2, 0) is 0 Å². The maximum absolute atomic E-state index is 10.3. The standard InChI is InChI=1S/C17H27NO2/c1-3-20-16-8-4-7-15(12-16)17(19)9-11-18-10-5-6-14(2)13-18/h4,7-8,12,14,17,19H,3,5-6,9-11,13H2,1-2H3. The van der Waals surface area contributed by atoms with Crippen molar-refractivity contribution in [3.8, 4) is 5.75 Å². The quantitative estimate of drug-likeness (QED) is 0.866. The molecule has 1 N–H and O–H groups in total. The molecule has 0 aliphatic carbocycles. The minimum absolute atomic E-state index is 0.396. The molecule has 1 aliphatic heterocycles. The van der Waals surface area contributed by atoms with E-state index in [1.807, 2.05) is 31.2 Å². The third-order valence-corrected chi connectivity index (χ3v) is 4.01. The number of piperidine rings is 1. The SMILES string of the molecule is CCOc1cccc(C(O)CCN2CCCC(C)C2)c1. The molecule has 2 unspecified atom stereocenters. The molecule has 0 saturated carbocycles. The van der Waals surface area contributed by atoms with Gasteiger partial charge in [0, 0.05) is 13.1 Å². The van der Waals surface area contributed by atoms with E-state index in [0.717, 1.165) is 30.2 Å². The van der Waals surface area contributed by atoms with Crippen LogP contribution in [0.25, 0.3) is 0 Å². The first kappa shape index (κ1) is 15.3. The maximum Gasteiger partial charge on any atom is 0.119 e. The minimum atomic E-state index is -0.396. The summed E-state index contributed by atoms with van der Waals surface area (Å²) in [5, 5.41) is 10.3. The topological polar surface area (TPSA) is 32.7 Å². The molecule has 1 aromatic rings. The average Bonchev–Trinajstić information content (AvgIpc) is 2.45. The molecule has 0 spiro atoms. The number of hydrogen-bond acceptors (Lipinski definition) is 3. The Morgan fingerprint density at radius 1 is 1.45 bits per heavy atom. The molecule has 0 amide bonds. The normalized spacial score (nSPS) is 21.6. The summed E-state index contributed by atoms with van der Waals surface area (Å²) in [7, 11) is 0. The molecule has 1 saturated heterocycles. The molecule has 0 bridgehead atoms. The van der Waals surface area contributed by atoms with Crippen molar-refractivity contribution < 1.29 is 9.84 Å². The van der Waals surface area contributed by atoms with Crippen LogP contribution in [0.4, 0.5) is 0 Å². The summed E-state index contributed by atoms with van der Waals surface area (Å²) in [5.41, 5.74) is 0.959. The molecular weight excluding hydrogens is 250 g/mol. The van der Waals surface area contributed by atoms with Crippen molar-refractivity contribution in [2.45, 2.75) is 39.2 Å². The van der Waals surface area contributed by atoms with Gasteiger partial charge in [-0.3, -0.25) is 0 Å². The zero-order valence-corrected chi connectivity index (χ0v) is 12.7. The van der Waals surface area contributed by atoms with E-state index in [-0.39, 0.29) is 0 Å². The van der Waals surface area contributed by atoms with Crippen LogP contribution in [0.3, 0.4) is 0 Å². The Morgan fingerprint density at radius 3 is 3.05 bits per heavy atom. The number of aliphatic hydroxyl groups is 1. The zero-order valence-electron chi connectivity index (χ0n) is 12.7. The molecule has 3 nitrogen and oxygen atoms in total. The Hall–Kier alpha value is -1.06. The Morgan fingerprint density at radius 2 is 2.30 bits per heavy atom. The van der Waals surface area contributed by atoms with Gasteiger partial charge in [0.1, 0.15) is 5.75 Å².